The van der Waals surface area contributed by atoms with Crippen molar-refractivity contribution in [2.24, 2.45) is 0 Å². The summed E-state index contributed by atoms with van der Waals surface area (Å²) in [4.78, 5) is 27.8. The number of sulfonamides is 1. The second kappa shape index (κ2) is 13.0. The summed E-state index contributed by atoms with van der Waals surface area (Å²) < 4.78 is 28.4. The zero-order valence-electron chi connectivity index (χ0n) is 20.5. The van der Waals surface area contributed by atoms with E-state index in [1.807, 2.05) is 0 Å². The van der Waals surface area contributed by atoms with Gasteiger partial charge in [0.1, 0.15) is 12.6 Å². The molecule has 2 amide bonds. The van der Waals surface area contributed by atoms with Crippen molar-refractivity contribution in [2.45, 2.75) is 31.3 Å². The van der Waals surface area contributed by atoms with Gasteiger partial charge in [-0.25, -0.2) is 8.42 Å². The van der Waals surface area contributed by atoms with Crippen LogP contribution in [0.3, 0.4) is 0 Å². The maximum Gasteiger partial charge on any atom is 0.264 e. The topological polar surface area (TPSA) is 86.8 Å². The van der Waals surface area contributed by atoms with Gasteiger partial charge >= 0.3 is 0 Å². The average molecular weight is 617 g/mol. The number of nitrogens with zero attached hydrogens (tertiary/aromatic N) is 2. The predicted octanol–water partition coefficient (Wildman–Crippen LogP) is 6.05. The Hall–Kier alpha value is -2.49. The molecule has 3 aromatic rings. The summed E-state index contributed by atoms with van der Waals surface area (Å²) in [5.41, 5.74) is 0.547. The van der Waals surface area contributed by atoms with Gasteiger partial charge in [0.25, 0.3) is 10.0 Å². The lowest BCUT2D eigenvalue weighted by Gasteiger charge is -2.32. The molecule has 0 bridgehead atoms. The van der Waals surface area contributed by atoms with Crippen LogP contribution in [-0.4, -0.2) is 44.3 Å². The second-order valence-electron chi connectivity index (χ2n) is 8.23. The summed E-state index contributed by atoms with van der Waals surface area (Å²) in [5.74, 6) is -1.07. The maximum absolute atomic E-state index is 13.8. The molecule has 1 atom stereocenters. The number of benzene rings is 3. The zero-order chi connectivity index (χ0) is 28.0. The Kier molecular flexibility index (Phi) is 10.3. The highest BCUT2D eigenvalue weighted by molar-refractivity contribution is 7.92. The van der Waals surface area contributed by atoms with Crippen molar-refractivity contribution in [1.82, 2.24) is 10.2 Å². The Morgan fingerprint density at radius 2 is 1.61 bits per heavy atom. The highest BCUT2D eigenvalue weighted by Gasteiger charge is 2.33. The standard InChI is InChI=1S/C26H25Cl4N3O4S/c1-3-31-26(35)17(2)32(15-18-12-13-19(27)14-22(18)29)24(34)16-33(23-11-7-10-21(28)25(23)30)38(36,37)20-8-5-4-6-9-20/h4-14,17H,3,15-16H2,1-2H3,(H,31,35)/t17-/m1/s1. The average Bonchev–Trinajstić information content (AvgIpc) is 2.88. The fraction of sp³-hybridized carbons (Fsp3) is 0.231. The minimum absolute atomic E-state index is 0.0199. The molecule has 3 aromatic carbocycles. The quantitative estimate of drug-likeness (QED) is 0.300. The van der Waals surface area contributed by atoms with Crippen LogP contribution in [0.25, 0.3) is 0 Å². The minimum Gasteiger partial charge on any atom is -0.355 e. The smallest absolute Gasteiger partial charge is 0.264 e. The number of hydrogen-bond donors (Lipinski definition) is 1. The van der Waals surface area contributed by atoms with Gasteiger partial charge < -0.3 is 10.2 Å². The number of rotatable bonds is 10. The summed E-state index contributed by atoms with van der Waals surface area (Å²) in [6.45, 7) is 2.92. The molecule has 38 heavy (non-hydrogen) atoms. The summed E-state index contributed by atoms with van der Waals surface area (Å²) in [6, 6.07) is 15.9. The van der Waals surface area contributed by atoms with Gasteiger partial charge in [-0.3, -0.25) is 13.9 Å². The Bertz CT molecular complexity index is 1420. The van der Waals surface area contributed by atoms with Crippen LogP contribution in [0.15, 0.2) is 71.6 Å². The van der Waals surface area contributed by atoms with E-state index in [9.17, 15) is 18.0 Å². The molecule has 7 nitrogen and oxygen atoms in total. The number of nitrogens with one attached hydrogen (secondary N) is 1. The fourth-order valence-electron chi connectivity index (χ4n) is 3.66. The van der Waals surface area contributed by atoms with E-state index in [4.69, 9.17) is 46.4 Å². The molecule has 0 unspecified atom stereocenters. The Morgan fingerprint density at radius 1 is 0.921 bits per heavy atom. The number of carbonyl (C=O) groups excluding carboxylic acids is 2. The van der Waals surface area contributed by atoms with E-state index in [2.05, 4.69) is 5.32 Å². The third-order valence-corrected chi connectivity index (χ3v) is 8.85. The summed E-state index contributed by atoms with van der Waals surface area (Å²) >= 11 is 25.0. The van der Waals surface area contributed by atoms with Crippen LogP contribution in [0, 0.1) is 0 Å². The van der Waals surface area contributed by atoms with Crippen molar-refractivity contribution in [3.8, 4) is 0 Å². The number of carbonyl (C=O) groups is 2. The molecular formula is C26H25Cl4N3O4S. The number of halogens is 4. The van der Waals surface area contributed by atoms with E-state index in [0.29, 0.717) is 22.2 Å². The number of likely N-dealkylation sites (N-methyl/N-ethyl adjacent to an activating group) is 1. The number of hydrogen-bond acceptors (Lipinski definition) is 4. The molecule has 1 N–H and O–H groups in total. The van der Waals surface area contributed by atoms with Crippen LogP contribution in [0.2, 0.25) is 20.1 Å². The van der Waals surface area contributed by atoms with Gasteiger partial charge in [-0.15, -0.1) is 0 Å². The van der Waals surface area contributed by atoms with Crippen LogP contribution >= 0.6 is 46.4 Å². The first-order chi connectivity index (χ1) is 18.0. The molecule has 0 spiro atoms. The molecular weight excluding hydrogens is 592 g/mol. The van der Waals surface area contributed by atoms with E-state index in [0.717, 1.165) is 4.31 Å². The van der Waals surface area contributed by atoms with E-state index >= 15 is 0 Å². The number of anilines is 1. The summed E-state index contributed by atoms with van der Waals surface area (Å²) in [6.07, 6.45) is 0. The van der Waals surface area contributed by atoms with E-state index in [-0.39, 0.29) is 27.2 Å². The first-order valence-corrected chi connectivity index (χ1v) is 14.5. The maximum atomic E-state index is 13.8. The van der Waals surface area contributed by atoms with Crippen molar-refractivity contribution in [3.63, 3.8) is 0 Å². The Morgan fingerprint density at radius 3 is 2.24 bits per heavy atom. The van der Waals surface area contributed by atoms with Gasteiger partial charge in [-0.05, 0) is 55.8 Å². The monoisotopic (exact) mass is 615 g/mol. The van der Waals surface area contributed by atoms with Gasteiger partial charge in [0.05, 0.1) is 20.6 Å². The normalized spacial score (nSPS) is 12.1. The third kappa shape index (κ3) is 6.93. The lowest BCUT2D eigenvalue weighted by Crippen LogP contribution is -2.51. The molecule has 0 saturated heterocycles. The van der Waals surface area contributed by atoms with Gasteiger partial charge in [-0.1, -0.05) is 76.7 Å². The fourth-order valence-corrected chi connectivity index (χ4v) is 6.02. The highest BCUT2D eigenvalue weighted by Crippen LogP contribution is 2.35. The van der Waals surface area contributed by atoms with Crippen molar-refractivity contribution < 1.29 is 18.0 Å². The molecule has 0 fully saturated rings. The molecule has 0 heterocycles. The van der Waals surface area contributed by atoms with Gasteiger partial charge in [-0.2, -0.15) is 0 Å². The SMILES string of the molecule is CCNC(=O)[C@@H](C)N(Cc1ccc(Cl)cc1Cl)C(=O)CN(c1cccc(Cl)c1Cl)S(=O)(=O)c1ccccc1. The van der Waals surface area contributed by atoms with Crippen molar-refractivity contribution in [2.75, 3.05) is 17.4 Å². The molecule has 12 heteroatoms. The van der Waals surface area contributed by atoms with E-state index < -0.39 is 34.4 Å². The van der Waals surface area contributed by atoms with Crippen LogP contribution in [-0.2, 0) is 26.2 Å². The summed E-state index contributed by atoms with van der Waals surface area (Å²) in [7, 11) is -4.27. The second-order valence-corrected chi connectivity index (χ2v) is 11.7. The van der Waals surface area contributed by atoms with Gasteiger partial charge in [0, 0.05) is 23.1 Å². The predicted molar refractivity (Wildman–Crippen MR) is 153 cm³/mol. The van der Waals surface area contributed by atoms with E-state index in [1.54, 1.807) is 44.2 Å². The van der Waals surface area contributed by atoms with E-state index in [1.165, 1.54) is 41.3 Å². The van der Waals surface area contributed by atoms with Crippen LogP contribution in [0.1, 0.15) is 19.4 Å². The molecule has 0 aromatic heterocycles. The first kappa shape index (κ1) is 30.1. The molecule has 0 aliphatic heterocycles. The Balaban J connectivity index is 2.08. The summed E-state index contributed by atoms with van der Waals surface area (Å²) in [5, 5.41) is 3.47. The lowest BCUT2D eigenvalue weighted by molar-refractivity contribution is -0.139. The lowest BCUT2D eigenvalue weighted by atomic mass is 10.1. The van der Waals surface area contributed by atoms with Crippen molar-refractivity contribution in [1.29, 1.82) is 0 Å². The van der Waals surface area contributed by atoms with Gasteiger partial charge in [0.2, 0.25) is 11.8 Å². The molecule has 202 valence electrons. The first-order valence-electron chi connectivity index (χ1n) is 11.5. The molecule has 0 aliphatic carbocycles. The molecule has 0 aliphatic rings. The molecule has 0 radical (unpaired) electrons. The number of amides is 2. The van der Waals surface area contributed by atoms with Crippen LogP contribution in [0.4, 0.5) is 5.69 Å². The van der Waals surface area contributed by atoms with Crippen molar-refractivity contribution in [3.05, 3.63) is 92.4 Å². The third-order valence-electron chi connectivity index (χ3n) is 5.68. The zero-order valence-corrected chi connectivity index (χ0v) is 24.3. The molecule has 3 rings (SSSR count). The molecule has 0 saturated carbocycles. The minimum atomic E-state index is -4.27. The largest absolute Gasteiger partial charge is 0.355 e. The van der Waals surface area contributed by atoms with Crippen LogP contribution < -0.4 is 9.62 Å². The van der Waals surface area contributed by atoms with Crippen molar-refractivity contribution >= 4 is 73.9 Å². The van der Waals surface area contributed by atoms with Crippen LogP contribution in [0.5, 0.6) is 0 Å². The highest BCUT2D eigenvalue weighted by atomic mass is 35.5. The van der Waals surface area contributed by atoms with Gasteiger partial charge in [0.15, 0.2) is 0 Å². The Labute approximate surface area is 242 Å².